The number of Topliss-reactive ketones (excluding diaryl/α,β-unsaturated/α-hetero) is 1. The quantitative estimate of drug-likeness (QED) is 0.460. The van der Waals surface area contributed by atoms with E-state index in [0.717, 1.165) is 31.4 Å². The molecule has 0 saturated carbocycles. The monoisotopic (exact) mass is 503 g/mol. The van der Waals surface area contributed by atoms with Crippen molar-refractivity contribution in [3.8, 4) is 11.3 Å². The Morgan fingerprint density at radius 3 is 2.61 bits per heavy atom. The number of ketones is 1. The van der Waals surface area contributed by atoms with Gasteiger partial charge in [0.15, 0.2) is 0 Å². The van der Waals surface area contributed by atoms with Crippen molar-refractivity contribution < 1.29 is 23.2 Å². The van der Waals surface area contributed by atoms with Gasteiger partial charge in [-0.25, -0.2) is 13.8 Å². The number of piperidine rings is 1. The van der Waals surface area contributed by atoms with Crippen LogP contribution in [0.15, 0.2) is 24.4 Å². The molecular formula is C26H35F2N5O3. The van der Waals surface area contributed by atoms with Crippen LogP contribution in [0, 0.1) is 17.6 Å². The average Bonchev–Trinajstić information content (AvgIpc) is 3.31. The summed E-state index contributed by atoms with van der Waals surface area (Å²) in [6.07, 6.45) is 4.26. The molecule has 0 spiro atoms. The van der Waals surface area contributed by atoms with Gasteiger partial charge in [0, 0.05) is 30.1 Å². The third-order valence-corrected chi connectivity index (χ3v) is 6.57. The predicted octanol–water partition coefficient (Wildman–Crippen LogP) is 3.51. The van der Waals surface area contributed by atoms with Crippen LogP contribution >= 0.6 is 0 Å². The number of nitrogens with one attached hydrogen (secondary N) is 3. The zero-order chi connectivity index (χ0) is 26.4. The largest absolute Gasteiger partial charge is 0.345 e. The molecule has 196 valence electrons. The minimum Gasteiger partial charge on any atom is -0.345 e. The SMILES string of the molecule is CC(C)C(=O)CN[C@@H](CC(=O)N1CCCC[C@@H]1C)C(=O)N[C@@H](C)c1ncc(-c2ccc(F)cc2F)[nH]1. The first kappa shape index (κ1) is 27.4. The first-order valence-corrected chi connectivity index (χ1v) is 12.4. The van der Waals surface area contributed by atoms with E-state index in [1.54, 1.807) is 25.7 Å². The maximum atomic E-state index is 14.1. The molecular weight excluding hydrogens is 468 g/mol. The van der Waals surface area contributed by atoms with Gasteiger partial charge in [-0.15, -0.1) is 0 Å². The number of rotatable bonds is 10. The van der Waals surface area contributed by atoms with E-state index in [2.05, 4.69) is 20.6 Å². The van der Waals surface area contributed by atoms with Crippen molar-refractivity contribution in [1.29, 1.82) is 0 Å². The number of hydrogen-bond donors (Lipinski definition) is 3. The Hall–Kier alpha value is -3.14. The summed E-state index contributed by atoms with van der Waals surface area (Å²) in [6.45, 7) is 7.89. The van der Waals surface area contributed by atoms with Gasteiger partial charge in [0.05, 0.1) is 36.9 Å². The molecule has 1 aromatic carbocycles. The minimum absolute atomic E-state index is 0.0261. The number of hydrogen-bond acceptors (Lipinski definition) is 5. The number of H-pyrrole nitrogens is 1. The van der Waals surface area contributed by atoms with Gasteiger partial charge in [-0.3, -0.25) is 19.7 Å². The smallest absolute Gasteiger partial charge is 0.238 e. The van der Waals surface area contributed by atoms with E-state index in [0.29, 0.717) is 18.1 Å². The second-order valence-electron chi connectivity index (χ2n) is 9.73. The molecule has 2 heterocycles. The molecule has 1 aromatic heterocycles. The fourth-order valence-electron chi connectivity index (χ4n) is 4.23. The van der Waals surface area contributed by atoms with Crippen molar-refractivity contribution in [1.82, 2.24) is 25.5 Å². The number of carbonyl (C=O) groups excluding carboxylic acids is 3. The third-order valence-electron chi connectivity index (χ3n) is 6.57. The number of amides is 2. The Labute approximate surface area is 210 Å². The highest BCUT2D eigenvalue weighted by Crippen LogP contribution is 2.23. The average molecular weight is 504 g/mol. The Morgan fingerprint density at radius 1 is 1.19 bits per heavy atom. The molecule has 3 N–H and O–H groups in total. The lowest BCUT2D eigenvalue weighted by atomic mass is 10.0. The van der Waals surface area contributed by atoms with E-state index in [4.69, 9.17) is 0 Å². The molecule has 8 nitrogen and oxygen atoms in total. The fraction of sp³-hybridized carbons (Fsp3) is 0.538. The van der Waals surface area contributed by atoms with Crippen molar-refractivity contribution in [3.63, 3.8) is 0 Å². The summed E-state index contributed by atoms with van der Waals surface area (Å²) in [7, 11) is 0. The Morgan fingerprint density at radius 2 is 1.94 bits per heavy atom. The molecule has 0 aliphatic carbocycles. The van der Waals surface area contributed by atoms with Crippen LogP contribution in [0.4, 0.5) is 8.78 Å². The lowest BCUT2D eigenvalue weighted by Crippen LogP contribution is -2.51. The molecule has 1 aliphatic heterocycles. The van der Waals surface area contributed by atoms with Crippen LogP contribution < -0.4 is 10.6 Å². The number of aromatic nitrogens is 2. The van der Waals surface area contributed by atoms with Crippen molar-refractivity contribution in [2.45, 2.75) is 71.5 Å². The molecule has 1 fully saturated rings. The Balaban J connectivity index is 1.70. The molecule has 36 heavy (non-hydrogen) atoms. The van der Waals surface area contributed by atoms with Crippen LogP contribution in [-0.4, -0.2) is 57.6 Å². The van der Waals surface area contributed by atoms with E-state index in [9.17, 15) is 23.2 Å². The van der Waals surface area contributed by atoms with Gasteiger partial charge in [0.25, 0.3) is 0 Å². The summed E-state index contributed by atoms with van der Waals surface area (Å²) in [5.74, 6) is -1.88. The van der Waals surface area contributed by atoms with E-state index in [1.807, 2.05) is 6.92 Å². The maximum absolute atomic E-state index is 14.1. The molecule has 3 rings (SSSR count). The number of halogens is 2. The second-order valence-corrected chi connectivity index (χ2v) is 9.73. The van der Waals surface area contributed by atoms with Gasteiger partial charge in [0.1, 0.15) is 23.2 Å². The zero-order valence-corrected chi connectivity index (χ0v) is 21.2. The number of benzene rings is 1. The van der Waals surface area contributed by atoms with Crippen LogP contribution in [0.1, 0.15) is 65.2 Å². The van der Waals surface area contributed by atoms with Crippen LogP contribution in [-0.2, 0) is 14.4 Å². The van der Waals surface area contributed by atoms with Crippen LogP contribution in [0.5, 0.6) is 0 Å². The third kappa shape index (κ3) is 6.96. The molecule has 0 bridgehead atoms. The number of carbonyl (C=O) groups is 3. The topological polar surface area (TPSA) is 107 Å². The fourth-order valence-corrected chi connectivity index (χ4v) is 4.23. The van der Waals surface area contributed by atoms with Gasteiger partial charge in [-0.1, -0.05) is 13.8 Å². The van der Waals surface area contributed by atoms with E-state index in [-0.39, 0.29) is 42.2 Å². The summed E-state index contributed by atoms with van der Waals surface area (Å²) < 4.78 is 27.4. The standard InChI is InChI=1S/C26H35F2N5O3/c1-15(2)23(34)14-29-21(12-24(35)33-10-6-5-7-16(33)3)26(36)31-17(4)25-30-13-22(32-25)19-9-8-18(27)11-20(19)28/h8-9,11,13,15-17,21,29H,5-7,10,12,14H2,1-4H3,(H,30,32)(H,31,36)/t16-,17-,21-/m0/s1. The number of likely N-dealkylation sites (tertiary alicyclic amines) is 1. The molecule has 3 atom stereocenters. The summed E-state index contributed by atoms with van der Waals surface area (Å²) in [5.41, 5.74) is 0.497. The summed E-state index contributed by atoms with van der Waals surface area (Å²) in [5, 5.41) is 5.79. The van der Waals surface area contributed by atoms with Crippen molar-refractivity contribution in [2.24, 2.45) is 5.92 Å². The van der Waals surface area contributed by atoms with Crippen molar-refractivity contribution >= 4 is 17.6 Å². The Kier molecular flexibility index (Phi) is 9.31. The summed E-state index contributed by atoms with van der Waals surface area (Å²) in [4.78, 5) is 47.4. The van der Waals surface area contributed by atoms with Crippen LogP contribution in [0.3, 0.4) is 0 Å². The zero-order valence-electron chi connectivity index (χ0n) is 21.2. The van der Waals surface area contributed by atoms with Gasteiger partial charge >= 0.3 is 0 Å². The van der Waals surface area contributed by atoms with Crippen LogP contribution in [0.2, 0.25) is 0 Å². The molecule has 10 heteroatoms. The summed E-state index contributed by atoms with van der Waals surface area (Å²) >= 11 is 0. The van der Waals surface area contributed by atoms with Gasteiger partial charge in [-0.05, 0) is 45.2 Å². The predicted molar refractivity (Wildman–Crippen MR) is 132 cm³/mol. The van der Waals surface area contributed by atoms with Crippen molar-refractivity contribution in [2.75, 3.05) is 13.1 Å². The molecule has 2 amide bonds. The minimum atomic E-state index is -0.902. The highest BCUT2D eigenvalue weighted by molar-refractivity contribution is 5.90. The highest BCUT2D eigenvalue weighted by Gasteiger charge is 2.30. The summed E-state index contributed by atoms with van der Waals surface area (Å²) in [6, 6.07) is 1.86. The van der Waals surface area contributed by atoms with E-state index in [1.165, 1.54) is 12.3 Å². The Bertz CT molecular complexity index is 1090. The lowest BCUT2D eigenvalue weighted by molar-refractivity contribution is -0.138. The first-order valence-electron chi connectivity index (χ1n) is 12.4. The van der Waals surface area contributed by atoms with Crippen molar-refractivity contribution in [3.05, 3.63) is 41.9 Å². The second kappa shape index (κ2) is 12.2. The molecule has 0 unspecified atom stereocenters. The molecule has 2 aromatic rings. The normalized spacial score (nSPS) is 17.6. The first-order chi connectivity index (χ1) is 17.1. The molecule has 0 radical (unpaired) electrons. The number of aromatic amines is 1. The maximum Gasteiger partial charge on any atom is 0.238 e. The van der Waals surface area contributed by atoms with Gasteiger partial charge < -0.3 is 15.2 Å². The number of nitrogens with zero attached hydrogens (tertiary/aromatic N) is 2. The molecule has 1 aliphatic rings. The van der Waals surface area contributed by atoms with Gasteiger partial charge in [0.2, 0.25) is 11.8 Å². The van der Waals surface area contributed by atoms with Gasteiger partial charge in [-0.2, -0.15) is 0 Å². The highest BCUT2D eigenvalue weighted by atomic mass is 19.1. The van der Waals surface area contributed by atoms with E-state index >= 15 is 0 Å². The number of imidazole rings is 1. The van der Waals surface area contributed by atoms with E-state index < -0.39 is 29.6 Å². The lowest BCUT2D eigenvalue weighted by Gasteiger charge is -2.34. The molecule has 1 saturated heterocycles. The van der Waals surface area contributed by atoms with Crippen LogP contribution in [0.25, 0.3) is 11.3 Å².